The summed E-state index contributed by atoms with van der Waals surface area (Å²) < 4.78 is 23.8. The van der Waals surface area contributed by atoms with Gasteiger partial charge in [-0.05, 0) is 35.4 Å². The lowest BCUT2D eigenvalue weighted by atomic mass is 10.1. The number of benzene rings is 2. The first-order chi connectivity index (χ1) is 19.1. The maximum absolute atomic E-state index is 13.2. The predicted molar refractivity (Wildman–Crippen MR) is 146 cm³/mol. The number of amides is 1. The number of hydrogen-bond acceptors (Lipinski definition) is 11. The molecule has 39 heavy (non-hydrogen) atoms. The number of halogens is 1. The zero-order valence-corrected chi connectivity index (χ0v) is 21.7. The van der Waals surface area contributed by atoms with E-state index in [9.17, 15) is 9.18 Å². The summed E-state index contributed by atoms with van der Waals surface area (Å²) >= 11 is 0. The van der Waals surface area contributed by atoms with E-state index in [0.717, 1.165) is 11.1 Å². The Hall–Kier alpha value is -3.91. The number of ether oxygens (including phenoxy) is 2. The summed E-state index contributed by atoms with van der Waals surface area (Å²) in [6.07, 6.45) is 0.234. The number of rotatable bonds is 18. The van der Waals surface area contributed by atoms with Gasteiger partial charge < -0.3 is 41.6 Å². The first-order valence-electron chi connectivity index (χ1n) is 12.6. The lowest BCUT2D eigenvalue weighted by molar-refractivity contribution is -0.120. The fraction of sp³-hybridized carbons (Fsp3) is 0.385. The number of nitrogens with one attached hydrogen (secondary N) is 4. The Labute approximate surface area is 226 Å². The van der Waals surface area contributed by atoms with Gasteiger partial charge in [-0.15, -0.1) is 0 Å². The summed E-state index contributed by atoms with van der Waals surface area (Å²) in [6, 6.07) is 13.4. The standard InChI is InChI=1S/C26H35FN8O4/c27-21-5-1-20(2-6-21)18-31-25-33-24(30-10-12-36)34-26(35-25)32-22-7-3-19(4-8-22)17-23(37)29-11-14-39-16-15-38-13-9-28/h1-8,36H,9-18,28H2,(H,29,37)(H3,30,31,32,33,34,35). The molecule has 0 saturated heterocycles. The Bertz CT molecular complexity index is 1140. The molecule has 1 heterocycles. The summed E-state index contributed by atoms with van der Waals surface area (Å²) in [5.41, 5.74) is 7.76. The molecule has 0 spiro atoms. The van der Waals surface area contributed by atoms with Gasteiger partial charge in [0.15, 0.2) is 0 Å². The highest BCUT2D eigenvalue weighted by molar-refractivity contribution is 5.78. The van der Waals surface area contributed by atoms with Gasteiger partial charge in [-0.3, -0.25) is 4.79 Å². The third kappa shape index (κ3) is 11.6. The van der Waals surface area contributed by atoms with E-state index in [4.69, 9.17) is 20.3 Å². The molecule has 13 heteroatoms. The van der Waals surface area contributed by atoms with Gasteiger partial charge in [-0.2, -0.15) is 15.0 Å². The number of aliphatic hydroxyl groups is 1. The minimum atomic E-state index is -0.307. The number of nitrogens with two attached hydrogens (primary N) is 1. The highest BCUT2D eigenvalue weighted by atomic mass is 19.1. The zero-order chi connectivity index (χ0) is 27.7. The zero-order valence-electron chi connectivity index (χ0n) is 21.7. The summed E-state index contributed by atoms with van der Waals surface area (Å²) in [5.74, 6) is 0.457. The molecule has 0 aliphatic heterocycles. The second-order valence-electron chi connectivity index (χ2n) is 8.30. The SMILES string of the molecule is NCCOCCOCCNC(=O)Cc1ccc(Nc2nc(NCCO)nc(NCc3ccc(F)cc3)n2)cc1. The van der Waals surface area contributed by atoms with Crippen molar-refractivity contribution in [2.75, 3.05) is 68.6 Å². The molecule has 1 amide bonds. The van der Waals surface area contributed by atoms with E-state index in [1.807, 2.05) is 24.3 Å². The lowest BCUT2D eigenvalue weighted by Gasteiger charge is -2.11. The van der Waals surface area contributed by atoms with E-state index in [2.05, 4.69) is 36.2 Å². The molecule has 0 fully saturated rings. The molecule has 0 unspecified atom stereocenters. The molecular weight excluding hydrogens is 507 g/mol. The molecule has 12 nitrogen and oxygen atoms in total. The van der Waals surface area contributed by atoms with Crippen LogP contribution in [0.2, 0.25) is 0 Å². The molecule has 0 radical (unpaired) electrons. The van der Waals surface area contributed by atoms with E-state index < -0.39 is 0 Å². The smallest absolute Gasteiger partial charge is 0.233 e. The maximum Gasteiger partial charge on any atom is 0.233 e. The van der Waals surface area contributed by atoms with Crippen LogP contribution < -0.4 is 27.0 Å². The third-order valence-electron chi connectivity index (χ3n) is 5.17. The Kier molecular flexibility index (Phi) is 12.8. The van der Waals surface area contributed by atoms with Crippen molar-refractivity contribution in [3.63, 3.8) is 0 Å². The Morgan fingerprint density at radius 2 is 1.46 bits per heavy atom. The number of aromatic nitrogens is 3. The molecule has 0 saturated carbocycles. The van der Waals surface area contributed by atoms with Gasteiger partial charge in [0.1, 0.15) is 5.82 Å². The van der Waals surface area contributed by atoms with Crippen molar-refractivity contribution in [1.82, 2.24) is 20.3 Å². The maximum atomic E-state index is 13.2. The monoisotopic (exact) mass is 542 g/mol. The number of aliphatic hydroxyl groups excluding tert-OH is 1. The molecule has 3 rings (SSSR count). The molecule has 210 valence electrons. The largest absolute Gasteiger partial charge is 0.395 e. The van der Waals surface area contributed by atoms with Crippen molar-refractivity contribution in [1.29, 1.82) is 0 Å². The summed E-state index contributed by atoms with van der Waals surface area (Å²) in [5, 5.41) is 21.1. The van der Waals surface area contributed by atoms with Crippen molar-refractivity contribution in [3.8, 4) is 0 Å². The Morgan fingerprint density at radius 3 is 2.15 bits per heavy atom. The fourth-order valence-corrected chi connectivity index (χ4v) is 3.29. The van der Waals surface area contributed by atoms with Gasteiger partial charge in [-0.1, -0.05) is 24.3 Å². The quantitative estimate of drug-likeness (QED) is 0.129. The molecule has 0 aliphatic carbocycles. The summed E-state index contributed by atoms with van der Waals surface area (Å²) in [6.45, 7) is 3.31. The third-order valence-corrected chi connectivity index (χ3v) is 5.17. The minimum absolute atomic E-state index is 0.0843. The van der Waals surface area contributed by atoms with Gasteiger partial charge in [0.05, 0.1) is 39.5 Å². The van der Waals surface area contributed by atoms with Crippen LogP contribution in [-0.4, -0.2) is 78.6 Å². The lowest BCUT2D eigenvalue weighted by Crippen LogP contribution is -2.29. The Balaban J connectivity index is 1.50. The number of carbonyl (C=O) groups excluding carboxylic acids is 1. The van der Waals surface area contributed by atoms with E-state index >= 15 is 0 Å². The minimum Gasteiger partial charge on any atom is -0.395 e. The number of anilines is 4. The normalized spacial score (nSPS) is 10.7. The van der Waals surface area contributed by atoms with Crippen molar-refractivity contribution in [3.05, 3.63) is 65.5 Å². The van der Waals surface area contributed by atoms with E-state index in [-0.39, 0.29) is 43.2 Å². The highest BCUT2D eigenvalue weighted by Crippen LogP contribution is 2.17. The number of hydrogen-bond donors (Lipinski definition) is 6. The predicted octanol–water partition coefficient (Wildman–Crippen LogP) is 1.42. The molecule has 7 N–H and O–H groups in total. The van der Waals surface area contributed by atoms with E-state index in [0.29, 0.717) is 57.7 Å². The second-order valence-corrected chi connectivity index (χ2v) is 8.30. The van der Waals surface area contributed by atoms with Crippen LogP contribution in [-0.2, 0) is 27.2 Å². The average molecular weight is 543 g/mol. The van der Waals surface area contributed by atoms with Crippen LogP contribution in [0.25, 0.3) is 0 Å². The second kappa shape index (κ2) is 16.8. The molecule has 0 bridgehead atoms. The van der Waals surface area contributed by atoms with Gasteiger partial charge in [0.2, 0.25) is 23.8 Å². The highest BCUT2D eigenvalue weighted by Gasteiger charge is 2.08. The van der Waals surface area contributed by atoms with Crippen LogP contribution in [0.4, 0.5) is 27.9 Å². The number of carbonyl (C=O) groups is 1. The van der Waals surface area contributed by atoms with E-state index in [1.165, 1.54) is 12.1 Å². The number of nitrogens with zero attached hydrogens (tertiary/aromatic N) is 3. The summed E-state index contributed by atoms with van der Waals surface area (Å²) in [7, 11) is 0. The van der Waals surface area contributed by atoms with Crippen molar-refractivity contribution >= 4 is 29.4 Å². The van der Waals surface area contributed by atoms with Crippen molar-refractivity contribution in [2.24, 2.45) is 5.73 Å². The van der Waals surface area contributed by atoms with Crippen LogP contribution in [0.5, 0.6) is 0 Å². The Morgan fingerprint density at radius 1 is 0.821 bits per heavy atom. The molecule has 0 atom stereocenters. The molecular formula is C26H35FN8O4. The molecule has 0 aliphatic rings. The van der Waals surface area contributed by atoms with E-state index in [1.54, 1.807) is 12.1 Å². The van der Waals surface area contributed by atoms with Crippen LogP contribution in [0.3, 0.4) is 0 Å². The van der Waals surface area contributed by atoms with Gasteiger partial charge in [0.25, 0.3) is 0 Å². The van der Waals surface area contributed by atoms with Gasteiger partial charge >= 0.3 is 0 Å². The van der Waals surface area contributed by atoms with Gasteiger partial charge in [-0.25, -0.2) is 4.39 Å². The van der Waals surface area contributed by atoms with Crippen LogP contribution in [0, 0.1) is 5.82 Å². The van der Waals surface area contributed by atoms with Crippen LogP contribution >= 0.6 is 0 Å². The average Bonchev–Trinajstić information content (AvgIpc) is 2.94. The first-order valence-corrected chi connectivity index (χ1v) is 12.6. The topological polar surface area (TPSA) is 169 Å². The molecule has 1 aromatic heterocycles. The molecule has 3 aromatic rings. The van der Waals surface area contributed by atoms with Crippen LogP contribution in [0.1, 0.15) is 11.1 Å². The first kappa shape index (κ1) is 29.6. The summed E-state index contributed by atoms with van der Waals surface area (Å²) in [4.78, 5) is 25.3. The van der Waals surface area contributed by atoms with Gasteiger partial charge in [0, 0.05) is 31.9 Å². The fourth-order valence-electron chi connectivity index (χ4n) is 3.29. The van der Waals surface area contributed by atoms with Crippen LogP contribution in [0.15, 0.2) is 48.5 Å². The van der Waals surface area contributed by atoms with Crippen molar-refractivity contribution in [2.45, 2.75) is 13.0 Å². The van der Waals surface area contributed by atoms with Crippen molar-refractivity contribution < 1.29 is 23.8 Å². The molecule has 2 aromatic carbocycles.